The minimum Gasteiger partial charge on any atom is -0.496 e. The SMILES string of the molecule is COc1ccccc1C(CNC(=O)Cn1ccccc1=O)N1CCCC1. The van der Waals surface area contributed by atoms with E-state index in [1.807, 2.05) is 18.2 Å². The summed E-state index contributed by atoms with van der Waals surface area (Å²) in [6.07, 6.45) is 3.96. The smallest absolute Gasteiger partial charge is 0.250 e. The van der Waals surface area contributed by atoms with Gasteiger partial charge in [0.1, 0.15) is 12.3 Å². The van der Waals surface area contributed by atoms with Crippen LogP contribution in [0.15, 0.2) is 53.5 Å². The Morgan fingerprint density at radius 1 is 1.15 bits per heavy atom. The van der Waals surface area contributed by atoms with Crippen LogP contribution in [0.4, 0.5) is 0 Å². The van der Waals surface area contributed by atoms with Crippen molar-refractivity contribution in [2.45, 2.75) is 25.4 Å². The van der Waals surface area contributed by atoms with Crippen LogP contribution in [0.1, 0.15) is 24.4 Å². The van der Waals surface area contributed by atoms with Crippen LogP contribution < -0.4 is 15.6 Å². The summed E-state index contributed by atoms with van der Waals surface area (Å²) in [6.45, 7) is 2.53. The topological polar surface area (TPSA) is 63.6 Å². The maximum absolute atomic E-state index is 12.3. The molecule has 1 aromatic heterocycles. The van der Waals surface area contributed by atoms with Gasteiger partial charge in [0, 0.05) is 24.4 Å². The lowest BCUT2D eigenvalue weighted by Crippen LogP contribution is -2.39. The Hall–Kier alpha value is -2.60. The van der Waals surface area contributed by atoms with Gasteiger partial charge in [0.2, 0.25) is 5.91 Å². The van der Waals surface area contributed by atoms with Crippen LogP contribution in [0.5, 0.6) is 5.75 Å². The number of nitrogens with zero attached hydrogens (tertiary/aromatic N) is 2. The number of hydrogen-bond acceptors (Lipinski definition) is 4. The number of rotatable bonds is 7. The van der Waals surface area contributed by atoms with Gasteiger partial charge in [-0.2, -0.15) is 0 Å². The van der Waals surface area contributed by atoms with Crippen LogP contribution in [0.2, 0.25) is 0 Å². The lowest BCUT2D eigenvalue weighted by molar-refractivity contribution is -0.122. The molecule has 6 nitrogen and oxygen atoms in total. The number of pyridine rings is 1. The van der Waals surface area contributed by atoms with Crippen molar-refractivity contribution in [3.63, 3.8) is 0 Å². The lowest BCUT2D eigenvalue weighted by Gasteiger charge is -2.29. The van der Waals surface area contributed by atoms with Crippen molar-refractivity contribution in [3.8, 4) is 5.75 Å². The first kappa shape index (κ1) is 18.2. The summed E-state index contributed by atoms with van der Waals surface area (Å²) in [4.78, 5) is 26.5. The molecule has 1 unspecified atom stereocenters. The third-order valence-corrected chi connectivity index (χ3v) is 4.78. The van der Waals surface area contributed by atoms with Crippen molar-refractivity contribution < 1.29 is 9.53 Å². The number of likely N-dealkylation sites (tertiary alicyclic amines) is 1. The molecule has 0 saturated carbocycles. The maximum atomic E-state index is 12.3. The molecule has 1 aromatic carbocycles. The molecule has 1 aliphatic heterocycles. The van der Waals surface area contributed by atoms with Gasteiger partial charge in [0.05, 0.1) is 13.2 Å². The second-order valence-electron chi connectivity index (χ2n) is 6.47. The van der Waals surface area contributed by atoms with Crippen LogP contribution >= 0.6 is 0 Å². The van der Waals surface area contributed by atoms with E-state index in [0.29, 0.717) is 6.54 Å². The van der Waals surface area contributed by atoms with Gasteiger partial charge in [-0.25, -0.2) is 0 Å². The number of hydrogen-bond donors (Lipinski definition) is 1. The molecular formula is C20H25N3O3. The quantitative estimate of drug-likeness (QED) is 0.823. The number of benzene rings is 1. The largest absolute Gasteiger partial charge is 0.496 e. The van der Waals surface area contributed by atoms with Gasteiger partial charge in [-0.3, -0.25) is 14.5 Å². The summed E-state index contributed by atoms with van der Waals surface area (Å²) in [7, 11) is 1.67. The van der Waals surface area contributed by atoms with Gasteiger partial charge < -0.3 is 14.6 Å². The van der Waals surface area contributed by atoms with Crippen molar-refractivity contribution in [2.24, 2.45) is 0 Å². The molecule has 6 heteroatoms. The second kappa shape index (κ2) is 8.67. The highest BCUT2D eigenvalue weighted by Crippen LogP contribution is 2.31. The van der Waals surface area contributed by atoms with E-state index in [4.69, 9.17) is 4.74 Å². The first-order valence-electron chi connectivity index (χ1n) is 8.98. The molecule has 1 N–H and O–H groups in total. The highest BCUT2D eigenvalue weighted by atomic mass is 16.5. The van der Waals surface area contributed by atoms with Crippen LogP contribution in [-0.2, 0) is 11.3 Å². The molecule has 1 saturated heterocycles. The zero-order valence-corrected chi connectivity index (χ0v) is 15.1. The van der Waals surface area contributed by atoms with E-state index in [1.54, 1.807) is 25.4 Å². The van der Waals surface area contributed by atoms with E-state index in [-0.39, 0.29) is 24.1 Å². The third kappa shape index (κ3) is 4.32. The minimum absolute atomic E-state index is 0.0261. The molecular weight excluding hydrogens is 330 g/mol. The van der Waals surface area contributed by atoms with Gasteiger partial charge in [0.15, 0.2) is 0 Å². The Balaban J connectivity index is 1.71. The Kier molecular flexibility index (Phi) is 6.07. The Morgan fingerprint density at radius 2 is 1.88 bits per heavy atom. The van der Waals surface area contributed by atoms with E-state index >= 15 is 0 Å². The van der Waals surface area contributed by atoms with Gasteiger partial charge in [-0.15, -0.1) is 0 Å². The van der Waals surface area contributed by atoms with Crippen LogP contribution in [0.3, 0.4) is 0 Å². The number of methoxy groups -OCH3 is 1. The number of ether oxygens (including phenoxy) is 1. The summed E-state index contributed by atoms with van der Waals surface area (Å²) < 4.78 is 6.93. The average Bonchev–Trinajstić information content (AvgIpc) is 3.19. The molecule has 3 rings (SSSR count). The van der Waals surface area contributed by atoms with E-state index in [1.165, 1.54) is 23.5 Å². The van der Waals surface area contributed by atoms with Gasteiger partial charge >= 0.3 is 0 Å². The van der Waals surface area contributed by atoms with Crippen molar-refractivity contribution in [2.75, 3.05) is 26.7 Å². The number of amides is 1. The van der Waals surface area contributed by atoms with Gasteiger partial charge in [-0.05, 0) is 38.1 Å². The third-order valence-electron chi connectivity index (χ3n) is 4.78. The van der Waals surface area contributed by atoms with Crippen molar-refractivity contribution in [3.05, 3.63) is 64.6 Å². The fourth-order valence-corrected chi connectivity index (χ4v) is 3.44. The van der Waals surface area contributed by atoms with Crippen LogP contribution in [0.25, 0.3) is 0 Å². The number of para-hydroxylation sites is 1. The summed E-state index contributed by atoms with van der Waals surface area (Å²) in [5, 5.41) is 2.99. The van der Waals surface area contributed by atoms with E-state index < -0.39 is 0 Å². The highest BCUT2D eigenvalue weighted by Gasteiger charge is 2.26. The Labute approximate surface area is 153 Å². The van der Waals surface area contributed by atoms with E-state index in [9.17, 15) is 9.59 Å². The molecule has 0 spiro atoms. The van der Waals surface area contributed by atoms with E-state index in [0.717, 1.165) is 24.4 Å². The first-order valence-corrected chi connectivity index (χ1v) is 8.98. The van der Waals surface area contributed by atoms with Crippen LogP contribution in [-0.4, -0.2) is 42.1 Å². The summed E-state index contributed by atoms with van der Waals surface area (Å²) in [6, 6.07) is 12.9. The summed E-state index contributed by atoms with van der Waals surface area (Å²) in [5.41, 5.74) is 0.901. The predicted molar refractivity (Wildman–Crippen MR) is 100 cm³/mol. The zero-order valence-electron chi connectivity index (χ0n) is 15.1. The Bertz CT molecular complexity index is 797. The number of nitrogens with one attached hydrogen (secondary N) is 1. The van der Waals surface area contributed by atoms with Crippen molar-refractivity contribution in [1.82, 2.24) is 14.8 Å². The van der Waals surface area contributed by atoms with Crippen molar-refractivity contribution >= 4 is 5.91 Å². The van der Waals surface area contributed by atoms with E-state index in [2.05, 4.69) is 16.3 Å². The molecule has 138 valence electrons. The fraction of sp³-hybridized carbons (Fsp3) is 0.400. The summed E-state index contributed by atoms with van der Waals surface area (Å²) >= 11 is 0. The first-order chi connectivity index (χ1) is 12.7. The molecule has 26 heavy (non-hydrogen) atoms. The molecule has 1 aliphatic rings. The standard InChI is InChI=1S/C20H25N3O3/c1-26-18-9-3-2-8-16(18)17(22-11-6-7-12-22)14-21-19(24)15-23-13-5-4-10-20(23)25/h2-5,8-10,13,17H,6-7,11-12,14-15H2,1H3,(H,21,24). The lowest BCUT2D eigenvalue weighted by atomic mass is 10.0. The zero-order chi connectivity index (χ0) is 18.4. The Morgan fingerprint density at radius 3 is 2.62 bits per heavy atom. The molecule has 2 aromatic rings. The molecule has 0 radical (unpaired) electrons. The molecule has 2 heterocycles. The van der Waals surface area contributed by atoms with Crippen LogP contribution in [0, 0.1) is 0 Å². The molecule has 0 bridgehead atoms. The summed E-state index contributed by atoms with van der Waals surface area (Å²) in [5.74, 6) is 0.662. The average molecular weight is 355 g/mol. The minimum atomic E-state index is -0.177. The number of carbonyl (C=O) groups is 1. The number of carbonyl (C=O) groups excluding carboxylic acids is 1. The number of aromatic nitrogens is 1. The normalized spacial score (nSPS) is 15.6. The monoisotopic (exact) mass is 355 g/mol. The highest BCUT2D eigenvalue weighted by molar-refractivity contribution is 5.75. The van der Waals surface area contributed by atoms with Gasteiger partial charge in [0.25, 0.3) is 5.56 Å². The molecule has 0 aliphatic carbocycles. The van der Waals surface area contributed by atoms with Gasteiger partial charge in [-0.1, -0.05) is 24.3 Å². The molecule has 1 atom stereocenters. The molecule has 1 fully saturated rings. The maximum Gasteiger partial charge on any atom is 0.250 e. The fourth-order valence-electron chi connectivity index (χ4n) is 3.44. The molecule has 1 amide bonds. The second-order valence-corrected chi connectivity index (χ2v) is 6.47. The predicted octanol–water partition coefficient (Wildman–Crippen LogP) is 1.81. The van der Waals surface area contributed by atoms with Crippen molar-refractivity contribution in [1.29, 1.82) is 0 Å².